The van der Waals surface area contributed by atoms with Crippen molar-refractivity contribution in [3.8, 4) is 11.5 Å². The van der Waals surface area contributed by atoms with Crippen molar-refractivity contribution in [3.05, 3.63) is 71.8 Å². The molecule has 0 atom stereocenters. The zero-order chi connectivity index (χ0) is 17.1. The fourth-order valence-corrected chi connectivity index (χ4v) is 2.40. The highest BCUT2D eigenvalue weighted by atomic mass is 16.5. The standard InChI is InChI=1S/C20H16O4/c1-13(21)15-3-4-17-12-19(10-7-16(17)11-15)24-20(22)14-5-8-18(23-2)9-6-14/h3-12H,1-2H3. The third-order valence-electron chi connectivity index (χ3n) is 3.75. The molecule has 4 heteroatoms. The molecule has 0 heterocycles. The van der Waals surface area contributed by atoms with Gasteiger partial charge in [0, 0.05) is 5.56 Å². The molecule has 0 amide bonds. The number of carbonyl (C=O) groups excluding carboxylic acids is 2. The van der Waals surface area contributed by atoms with Gasteiger partial charge in [0.1, 0.15) is 11.5 Å². The van der Waals surface area contributed by atoms with Crippen LogP contribution in [0.3, 0.4) is 0 Å². The predicted octanol–water partition coefficient (Wildman–Crippen LogP) is 4.27. The van der Waals surface area contributed by atoms with E-state index >= 15 is 0 Å². The summed E-state index contributed by atoms with van der Waals surface area (Å²) in [5.41, 5.74) is 1.10. The lowest BCUT2D eigenvalue weighted by atomic mass is 10.0. The van der Waals surface area contributed by atoms with Crippen molar-refractivity contribution < 1.29 is 19.1 Å². The molecule has 0 saturated heterocycles. The molecular weight excluding hydrogens is 304 g/mol. The minimum atomic E-state index is -0.433. The molecule has 24 heavy (non-hydrogen) atoms. The third-order valence-corrected chi connectivity index (χ3v) is 3.75. The van der Waals surface area contributed by atoms with Gasteiger partial charge in [0.25, 0.3) is 0 Å². The number of hydrogen-bond donors (Lipinski definition) is 0. The fraction of sp³-hybridized carbons (Fsp3) is 0.100. The first-order valence-corrected chi connectivity index (χ1v) is 7.48. The lowest BCUT2D eigenvalue weighted by Crippen LogP contribution is -2.08. The molecule has 0 aliphatic heterocycles. The van der Waals surface area contributed by atoms with Crippen molar-refractivity contribution >= 4 is 22.5 Å². The van der Waals surface area contributed by atoms with E-state index in [1.54, 1.807) is 49.6 Å². The van der Waals surface area contributed by atoms with E-state index in [-0.39, 0.29) is 5.78 Å². The van der Waals surface area contributed by atoms with Gasteiger partial charge in [0.05, 0.1) is 12.7 Å². The second kappa shape index (κ2) is 6.54. The molecule has 3 rings (SSSR count). The maximum Gasteiger partial charge on any atom is 0.343 e. The minimum absolute atomic E-state index is 0.0203. The smallest absolute Gasteiger partial charge is 0.343 e. The summed E-state index contributed by atoms with van der Waals surface area (Å²) in [6.45, 7) is 1.53. The molecule has 3 aromatic carbocycles. The van der Waals surface area contributed by atoms with Crippen molar-refractivity contribution in [2.24, 2.45) is 0 Å². The molecule has 120 valence electrons. The monoisotopic (exact) mass is 320 g/mol. The Hall–Kier alpha value is -3.14. The van der Waals surface area contributed by atoms with Gasteiger partial charge < -0.3 is 9.47 Å². The zero-order valence-corrected chi connectivity index (χ0v) is 13.4. The van der Waals surface area contributed by atoms with E-state index in [2.05, 4.69) is 0 Å². The maximum atomic E-state index is 12.2. The summed E-state index contributed by atoms with van der Waals surface area (Å²) >= 11 is 0. The van der Waals surface area contributed by atoms with Gasteiger partial charge >= 0.3 is 5.97 Å². The van der Waals surface area contributed by atoms with Crippen LogP contribution in [0.15, 0.2) is 60.7 Å². The van der Waals surface area contributed by atoms with Crippen LogP contribution in [0.25, 0.3) is 10.8 Å². The summed E-state index contributed by atoms with van der Waals surface area (Å²) in [5, 5.41) is 1.83. The number of hydrogen-bond acceptors (Lipinski definition) is 4. The predicted molar refractivity (Wildman–Crippen MR) is 91.9 cm³/mol. The molecule has 0 bridgehead atoms. The summed E-state index contributed by atoms with van der Waals surface area (Å²) in [6, 6.07) is 17.5. The van der Waals surface area contributed by atoms with E-state index in [4.69, 9.17) is 9.47 Å². The molecule has 0 aliphatic rings. The number of fused-ring (bicyclic) bond motifs is 1. The summed E-state index contributed by atoms with van der Waals surface area (Å²) in [4.78, 5) is 23.6. The Balaban J connectivity index is 1.82. The van der Waals surface area contributed by atoms with Crippen LogP contribution in [-0.4, -0.2) is 18.9 Å². The molecule has 0 aromatic heterocycles. The maximum absolute atomic E-state index is 12.2. The lowest BCUT2D eigenvalue weighted by Gasteiger charge is -2.07. The topological polar surface area (TPSA) is 52.6 Å². The Kier molecular flexibility index (Phi) is 4.29. The Bertz CT molecular complexity index is 911. The summed E-state index contributed by atoms with van der Waals surface area (Å²) in [6.07, 6.45) is 0. The van der Waals surface area contributed by atoms with E-state index in [0.717, 1.165) is 10.8 Å². The zero-order valence-electron chi connectivity index (χ0n) is 13.4. The molecule has 0 saturated carbocycles. The van der Waals surface area contributed by atoms with Gasteiger partial charge in [0.2, 0.25) is 0 Å². The number of ketones is 1. The summed E-state index contributed by atoms with van der Waals surface area (Å²) in [7, 11) is 1.57. The van der Waals surface area contributed by atoms with Crippen LogP contribution in [0.2, 0.25) is 0 Å². The molecule has 0 spiro atoms. The Labute approximate surface area is 139 Å². The Morgan fingerprint density at radius 1 is 0.750 bits per heavy atom. The second-order valence-corrected chi connectivity index (χ2v) is 5.40. The van der Waals surface area contributed by atoms with E-state index in [1.165, 1.54) is 6.92 Å². The van der Waals surface area contributed by atoms with E-state index in [9.17, 15) is 9.59 Å². The lowest BCUT2D eigenvalue weighted by molar-refractivity contribution is 0.0734. The number of benzene rings is 3. The first-order chi connectivity index (χ1) is 11.6. The van der Waals surface area contributed by atoms with Crippen LogP contribution in [0.4, 0.5) is 0 Å². The van der Waals surface area contributed by atoms with Crippen LogP contribution >= 0.6 is 0 Å². The van der Waals surface area contributed by atoms with Gasteiger partial charge in [-0.1, -0.05) is 18.2 Å². The molecule has 0 N–H and O–H groups in total. The van der Waals surface area contributed by atoms with Crippen molar-refractivity contribution in [2.75, 3.05) is 7.11 Å². The van der Waals surface area contributed by atoms with Gasteiger partial charge in [-0.2, -0.15) is 0 Å². The number of methoxy groups -OCH3 is 1. The van der Waals surface area contributed by atoms with Crippen LogP contribution in [0.5, 0.6) is 11.5 Å². The highest BCUT2D eigenvalue weighted by Crippen LogP contribution is 2.23. The first kappa shape index (κ1) is 15.7. The molecule has 0 aliphatic carbocycles. The normalized spacial score (nSPS) is 10.4. The molecule has 0 unspecified atom stereocenters. The molecular formula is C20H16O4. The van der Waals surface area contributed by atoms with Crippen molar-refractivity contribution in [1.29, 1.82) is 0 Å². The second-order valence-electron chi connectivity index (χ2n) is 5.40. The average molecular weight is 320 g/mol. The average Bonchev–Trinajstić information content (AvgIpc) is 2.61. The highest BCUT2D eigenvalue weighted by molar-refractivity contribution is 5.99. The van der Waals surface area contributed by atoms with Crippen LogP contribution < -0.4 is 9.47 Å². The first-order valence-electron chi connectivity index (χ1n) is 7.48. The van der Waals surface area contributed by atoms with Crippen LogP contribution in [-0.2, 0) is 0 Å². The number of ether oxygens (including phenoxy) is 2. The summed E-state index contributed by atoms with van der Waals surface area (Å²) in [5.74, 6) is 0.724. The largest absolute Gasteiger partial charge is 0.497 e. The fourth-order valence-electron chi connectivity index (χ4n) is 2.40. The van der Waals surface area contributed by atoms with Crippen molar-refractivity contribution in [3.63, 3.8) is 0 Å². The van der Waals surface area contributed by atoms with E-state index in [0.29, 0.717) is 22.6 Å². The van der Waals surface area contributed by atoms with Gasteiger partial charge in [0.15, 0.2) is 5.78 Å². The number of Topliss-reactive ketones (excluding diaryl/α,β-unsaturated/α-hetero) is 1. The highest BCUT2D eigenvalue weighted by Gasteiger charge is 2.09. The van der Waals surface area contributed by atoms with Crippen LogP contribution in [0, 0.1) is 0 Å². The quantitative estimate of drug-likeness (QED) is 0.409. The number of esters is 1. The van der Waals surface area contributed by atoms with Gasteiger partial charge in [-0.05, 0) is 60.2 Å². The van der Waals surface area contributed by atoms with Gasteiger partial charge in [-0.25, -0.2) is 4.79 Å². The Morgan fingerprint density at radius 2 is 1.33 bits per heavy atom. The third kappa shape index (κ3) is 3.27. The SMILES string of the molecule is COc1ccc(C(=O)Oc2ccc3cc(C(C)=O)ccc3c2)cc1. The van der Waals surface area contributed by atoms with Crippen LogP contribution in [0.1, 0.15) is 27.6 Å². The summed E-state index contributed by atoms with van der Waals surface area (Å²) < 4.78 is 10.5. The van der Waals surface area contributed by atoms with E-state index < -0.39 is 5.97 Å². The van der Waals surface area contributed by atoms with Crippen molar-refractivity contribution in [1.82, 2.24) is 0 Å². The molecule has 3 aromatic rings. The van der Waals surface area contributed by atoms with Crippen molar-refractivity contribution in [2.45, 2.75) is 6.92 Å². The molecule has 0 fully saturated rings. The molecule has 4 nitrogen and oxygen atoms in total. The number of rotatable bonds is 4. The Morgan fingerprint density at radius 3 is 2.00 bits per heavy atom. The number of carbonyl (C=O) groups is 2. The van der Waals surface area contributed by atoms with Gasteiger partial charge in [-0.3, -0.25) is 4.79 Å². The minimum Gasteiger partial charge on any atom is -0.497 e. The van der Waals surface area contributed by atoms with E-state index in [1.807, 2.05) is 18.2 Å². The van der Waals surface area contributed by atoms with Gasteiger partial charge in [-0.15, -0.1) is 0 Å². The molecule has 0 radical (unpaired) electrons.